The van der Waals surface area contributed by atoms with E-state index in [4.69, 9.17) is 14.2 Å². The van der Waals surface area contributed by atoms with Gasteiger partial charge in [0.05, 0.1) is 23.1 Å². The highest BCUT2D eigenvalue weighted by atomic mass is 16.6. The summed E-state index contributed by atoms with van der Waals surface area (Å²) in [5.74, 6) is -0.745. The number of hydrogen-bond donors (Lipinski definition) is 1. The number of carbonyl (C=O) groups is 3. The standard InChI is InChI=1S/C25H29N3O8/c1-25(2,3)36-23(30)26-20-13-14-27(24(31)34-16-17-7-5-4-6-8-17)15-21(20)35-22(29)18-9-11-19(12-10-18)28(32)33/h4-12,20-21H,13-16H2,1-3H3,(H,26,30)/t20-,21+/m0/s1. The molecule has 11 nitrogen and oxygen atoms in total. The summed E-state index contributed by atoms with van der Waals surface area (Å²) in [6, 6.07) is 13.5. The van der Waals surface area contributed by atoms with E-state index in [1.165, 1.54) is 29.2 Å². The number of esters is 1. The summed E-state index contributed by atoms with van der Waals surface area (Å²) in [6.45, 7) is 5.51. The summed E-state index contributed by atoms with van der Waals surface area (Å²) < 4.78 is 16.3. The van der Waals surface area contributed by atoms with Gasteiger partial charge in [-0.1, -0.05) is 30.3 Å². The van der Waals surface area contributed by atoms with Crippen LogP contribution in [0.2, 0.25) is 0 Å². The first-order valence-electron chi connectivity index (χ1n) is 11.4. The molecule has 11 heteroatoms. The average molecular weight is 500 g/mol. The molecule has 0 bridgehead atoms. The van der Waals surface area contributed by atoms with Crippen LogP contribution in [0.1, 0.15) is 43.1 Å². The molecule has 1 heterocycles. The molecule has 2 aromatic carbocycles. The number of alkyl carbamates (subject to hydrolysis) is 1. The maximum atomic E-state index is 12.8. The third kappa shape index (κ3) is 7.69. The summed E-state index contributed by atoms with van der Waals surface area (Å²) in [6.07, 6.45) is -1.87. The molecule has 2 aromatic rings. The minimum absolute atomic E-state index is 0.0210. The second kappa shape index (κ2) is 11.5. The first-order chi connectivity index (χ1) is 17.0. The van der Waals surface area contributed by atoms with Crippen LogP contribution in [-0.4, -0.2) is 58.8 Å². The molecule has 1 aliphatic heterocycles. The topological polar surface area (TPSA) is 137 Å². The molecule has 3 rings (SSSR count). The zero-order valence-corrected chi connectivity index (χ0v) is 20.3. The molecule has 0 aromatic heterocycles. The molecule has 2 atom stereocenters. The van der Waals surface area contributed by atoms with Gasteiger partial charge in [-0.05, 0) is 44.9 Å². The van der Waals surface area contributed by atoms with Crippen molar-refractivity contribution in [1.82, 2.24) is 10.2 Å². The Labute approximate surface area is 208 Å². The van der Waals surface area contributed by atoms with Crippen molar-refractivity contribution < 1.29 is 33.5 Å². The third-order valence-electron chi connectivity index (χ3n) is 5.30. The van der Waals surface area contributed by atoms with Gasteiger partial charge in [0.25, 0.3) is 5.69 Å². The smallest absolute Gasteiger partial charge is 0.410 e. The van der Waals surface area contributed by atoms with Crippen LogP contribution < -0.4 is 5.32 Å². The Morgan fingerprint density at radius 3 is 2.36 bits per heavy atom. The molecule has 1 fully saturated rings. The van der Waals surface area contributed by atoms with Crippen molar-refractivity contribution in [3.63, 3.8) is 0 Å². The Morgan fingerprint density at radius 2 is 1.75 bits per heavy atom. The van der Waals surface area contributed by atoms with Gasteiger partial charge in [0, 0.05) is 18.7 Å². The first-order valence-corrected chi connectivity index (χ1v) is 11.4. The van der Waals surface area contributed by atoms with Crippen LogP contribution in [-0.2, 0) is 20.8 Å². The fourth-order valence-electron chi connectivity index (χ4n) is 3.56. The quantitative estimate of drug-likeness (QED) is 0.272. The highest BCUT2D eigenvalue weighted by Crippen LogP contribution is 2.20. The van der Waals surface area contributed by atoms with E-state index >= 15 is 0 Å². The largest absolute Gasteiger partial charge is 0.455 e. The van der Waals surface area contributed by atoms with Crippen LogP contribution >= 0.6 is 0 Å². The van der Waals surface area contributed by atoms with Gasteiger partial charge >= 0.3 is 18.2 Å². The number of hydrogen-bond acceptors (Lipinski definition) is 8. The van der Waals surface area contributed by atoms with Crippen molar-refractivity contribution in [2.24, 2.45) is 0 Å². The highest BCUT2D eigenvalue weighted by Gasteiger charge is 2.37. The van der Waals surface area contributed by atoms with Gasteiger partial charge in [-0.2, -0.15) is 0 Å². The normalized spacial score (nSPS) is 17.6. The second-order valence-corrected chi connectivity index (χ2v) is 9.28. The van der Waals surface area contributed by atoms with Crippen LogP contribution in [0.5, 0.6) is 0 Å². The van der Waals surface area contributed by atoms with E-state index < -0.39 is 40.8 Å². The molecule has 36 heavy (non-hydrogen) atoms. The number of amides is 2. The Morgan fingerprint density at radius 1 is 1.08 bits per heavy atom. The molecule has 0 radical (unpaired) electrons. The Bertz CT molecular complexity index is 1080. The van der Waals surface area contributed by atoms with E-state index in [-0.39, 0.29) is 37.4 Å². The van der Waals surface area contributed by atoms with Gasteiger partial charge < -0.3 is 24.4 Å². The maximum Gasteiger partial charge on any atom is 0.410 e. The van der Waals surface area contributed by atoms with Crippen molar-refractivity contribution in [3.8, 4) is 0 Å². The highest BCUT2D eigenvalue weighted by molar-refractivity contribution is 5.89. The Balaban J connectivity index is 1.69. The number of benzene rings is 2. The van der Waals surface area contributed by atoms with Crippen LogP contribution in [0, 0.1) is 10.1 Å². The van der Waals surface area contributed by atoms with Gasteiger partial charge in [-0.25, -0.2) is 14.4 Å². The van der Waals surface area contributed by atoms with E-state index in [1.807, 2.05) is 30.3 Å². The fraction of sp³-hybridized carbons (Fsp3) is 0.400. The van der Waals surface area contributed by atoms with Gasteiger partial charge in [0.2, 0.25) is 0 Å². The minimum Gasteiger partial charge on any atom is -0.455 e. The number of non-ortho nitro benzene ring substituents is 1. The molecular formula is C25H29N3O8. The van der Waals surface area contributed by atoms with Crippen molar-refractivity contribution >= 4 is 23.8 Å². The number of nitrogens with one attached hydrogen (secondary N) is 1. The van der Waals surface area contributed by atoms with Gasteiger partial charge in [0.15, 0.2) is 0 Å². The minimum atomic E-state index is -0.904. The third-order valence-corrected chi connectivity index (χ3v) is 5.30. The summed E-state index contributed by atoms with van der Waals surface area (Å²) in [5, 5.41) is 13.6. The van der Waals surface area contributed by atoms with Crippen molar-refractivity contribution in [3.05, 3.63) is 75.8 Å². The molecule has 0 unspecified atom stereocenters. The van der Waals surface area contributed by atoms with E-state index in [9.17, 15) is 24.5 Å². The molecule has 2 amide bonds. The lowest BCUT2D eigenvalue weighted by Crippen LogP contribution is -2.57. The monoisotopic (exact) mass is 499 g/mol. The van der Waals surface area contributed by atoms with Gasteiger partial charge in [-0.15, -0.1) is 0 Å². The molecule has 0 spiro atoms. The number of nitrogens with zero attached hydrogens (tertiary/aromatic N) is 2. The van der Waals surface area contributed by atoms with Crippen molar-refractivity contribution in [1.29, 1.82) is 0 Å². The Hall–Kier alpha value is -4.15. The number of rotatable bonds is 6. The number of ether oxygens (including phenoxy) is 3. The van der Waals surface area contributed by atoms with Crippen LogP contribution in [0.15, 0.2) is 54.6 Å². The molecule has 1 saturated heterocycles. The molecule has 1 N–H and O–H groups in total. The van der Waals surface area contributed by atoms with Crippen LogP contribution in [0.4, 0.5) is 15.3 Å². The number of nitro groups is 1. The number of piperidine rings is 1. The number of carbonyl (C=O) groups excluding carboxylic acids is 3. The average Bonchev–Trinajstić information content (AvgIpc) is 2.83. The van der Waals surface area contributed by atoms with Gasteiger partial charge in [-0.3, -0.25) is 10.1 Å². The molecule has 0 aliphatic carbocycles. The fourth-order valence-corrected chi connectivity index (χ4v) is 3.56. The predicted octanol–water partition coefficient (Wildman–Crippen LogP) is 4.06. The first kappa shape index (κ1) is 26.5. The molecular weight excluding hydrogens is 470 g/mol. The van der Waals surface area contributed by atoms with E-state index in [2.05, 4.69) is 5.32 Å². The SMILES string of the molecule is CC(C)(C)OC(=O)N[C@H]1CCN(C(=O)OCc2ccccc2)C[C@H]1OC(=O)c1ccc([N+](=O)[O-])cc1. The van der Waals surface area contributed by atoms with Gasteiger partial charge in [0.1, 0.15) is 18.3 Å². The lowest BCUT2D eigenvalue weighted by Gasteiger charge is -2.37. The maximum absolute atomic E-state index is 12.8. The lowest BCUT2D eigenvalue weighted by molar-refractivity contribution is -0.384. The van der Waals surface area contributed by atoms with E-state index in [0.717, 1.165) is 5.56 Å². The summed E-state index contributed by atoms with van der Waals surface area (Å²) in [7, 11) is 0. The summed E-state index contributed by atoms with van der Waals surface area (Å²) in [5.41, 5.74) is 0.0339. The summed E-state index contributed by atoms with van der Waals surface area (Å²) in [4.78, 5) is 49.5. The van der Waals surface area contributed by atoms with Crippen molar-refractivity contribution in [2.75, 3.05) is 13.1 Å². The number of nitro benzene ring substituents is 1. The zero-order chi connectivity index (χ0) is 26.3. The molecule has 192 valence electrons. The lowest BCUT2D eigenvalue weighted by atomic mass is 10.0. The second-order valence-electron chi connectivity index (χ2n) is 9.28. The number of likely N-dealkylation sites (tertiary alicyclic amines) is 1. The van der Waals surface area contributed by atoms with Crippen molar-refractivity contribution in [2.45, 2.75) is 51.5 Å². The zero-order valence-electron chi connectivity index (χ0n) is 20.3. The Kier molecular flexibility index (Phi) is 8.46. The summed E-state index contributed by atoms with van der Waals surface area (Å²) >= 11 is 0. The van der Waals surface area contributed by atoms with E-state index in [1.54, 1.807) is 20.8 Å². The van der Waals surface area contributed by atoms with Crippen LogP contribution in [0.3, 0.4) is 0 Å². The predicted molar refractivity (Wildman–Crippen MR) is 128 cm³/mol. The molecule has 1 aliphatic rings. The van der Waals surface area contributed by atoms with E-state index in [0.29, 0.717) is 0 Å². The van der Waals surface area contributed by atoms with Crippen LogP contribution in [0.25, 0.3) is 0 Å². The molecule has 0 saturated carbocycles.